The second-order valence-electron chi connectivity index (χ2n) is 9.67. The number of amides is 2. The molecule has 0 radical (unpaired) electrons. The predicted octanol–water partition coefficient (Wildman–Crippen LogP) is 4.37. The van der Waals surface area contributed by atoms with Gasteiger partial charge >= 0.3 is 0 Å². The Balaban J connectivity index is 1.56. The lowest BCUT2D eigenvalue weighted by molar-refractivity contribution is 0.0611. The van der Waals surface area contributed by atoms with Crippen molar-refractivity contribution in [2.75, 3.05) is 6.54 Å². The van der Waals surface area contributed by atoms with Crippen molar-refractivity contribution < 1.29 is 23.1 Å². The number of benzene rings is 2. The molecule has 2 aliphatic heterocycles. The number of nitrogens with zero attached hydrogens (tertiary/aromatic N) is 2. The van der Waals surface area contributed by atoms with Gasteiger partial charge in [0.1, 0.15) is 23.8 Å². The molecule has 196 valence electrons. The van der Waals surface area contributed by atoms with E-state index in [9.17, 15) is 23.2 Å². The Morgan fingerprint density at radius 1 is 1.16 bits per heavy atom. The Morgan fingerprint density at radius 3 is 2.66 bits per heavy atom. The lowest BCUT2D eigenvalue weighted by Gasteiger charge is -2.37. The summed E-state index contributed by atoms with van der Waals surface area (Å²) in [6.07, 6.45) is 2.79. The number of pyridine rings is 1. The minimum atomic E-state index is -0.811. The molecule has 0 unspecified atom stereocenters. The molecule has 2 bridgehead atoms. The number of carbonyl (C=O) groups is 2. The SMILES string of the molecule is C=C1CC[C@H](C)N2C[C@H]1n1cc(C(=O)NCc3ccc(F)cc3F)c(=O)c(OCc3ccccc3)c1C2=O. The molecule has 0 saturated carbocycles. The molecule has 7 nitrogen and oxygen atoms in total. The van der Waals surface area contributed by atoms with E-state index in [2.05, 4.69) is 11.9 Å². The number of rotatable bonds is 6. The zero-order chi connectivity index (χ0) is 27.0. The first-order chi connectivity index (χ1) is 18.2. The topological polar surface area (TPSA) is 80.6 Å². The molecule has 3 heterocycles. The number of carbonyl (C=O) groups excluding carboxylic acids is 2. The monoisotopic (exact) mass is 519 g/mol. The van der Waals surface area contributed by atoms with Crippen LogP contribution < -0.4 is 15.5 Å². The minimum Gasteiger partial charge on any atom is -0.483 e. The van der Waals surface area contributed by atoms with Crippen LogP contribution in [-0.2, 0) is 13.2 Å². The Labute approximate surface area is 218 Å². The van der Waals surface area contributed by atoms with Gasteiger partial charge in [-0.2, -0.15) is 0 Å². The summed E-state index contributed by atoms with van der Waals surface area (Å²) in [6.45, 7) is 6.31. The van der Waals surface area contributed by atoms with Gasteiger partial charge < -0.3 is 19.5 Å². The van der Waals surface area contributed by atoms with Crippen molar-refractivity contribution >= 4 is 11.8 Å². The number of hydrogen-bond donors (Lipinski definition) is 1. The van der Waals surface area contributed by atoms with Crippen LogP contribution in [0.3, 0.4) is 0 Å². The second kappa shape index (κ2) is 10.2. The molecular weight excluding hydrogens is 492 g/mol. The number of ether oxygens (including phenoxy) is 1. The van der Waals surface area contributed by atoms with Gasteiger partial charge in [-0.1, -0.05) is 48.6 Å². The molecule has 38 heavy (non-hydrogen) atoms. The van der Waals surface area contributed by atoms with Crippen LogP contribution >= 0.6 is 0 Å². The van der Waals surface area contributed by atoms with Crippen LogP contribution in [0.5, 0.6) is 5.75 Å². The van der Waals surface area contributed by atoms with Gasteiger partial charge in [0.15, 0.2) is 11.4 Å². The van der Waals surface area contributed by atoms with E-state index in [-0.39, 0.29) is 53.7 Å². The quantitative estimate of drug-likeness (QED) is 0.491. The molecule has 0 spiro atoms. The largest absolute Gasteiger partial charge is 0.483 e. The highest BCUT2D eigenvalue weighted by molar-refractivity contribution is 5.99. The summed E-state index contributed by atoms with van der Waals surface area (Å²) in [4.78, 5) is 42.2. The molecular formula is C29H27F2N3O4. The predicted molar refractivity (Wildman–Crippen MR) is 137 cm³/mol. The summed E-state index contributed by atoms with van der Waals surface area (Å²) in [5, 5.41) is 2.53. The average molecular weight is 520 g/mol. The first-order valence-electron chi connectivity index (χ1n) is 12.4. The van der Waals surface area contributed by atoms with Crippen molar-refractivity contribution in [3.8, 4) is 5.75 Å². The van der Waals surface area contributed by atoms with Gasteiger partial charge in [-0.3, -0.25) is 14.4 Å². The van der Waals surface area contributed by atoms with E-state index in [1.807, 2.05) is 37.3 Å². The molecule has 5 rings (SSSR count). The van der Waals surface area contributed by atoms with Crippen molar-refractivity contribution in [2.45, 2.75) is 45.0 Å². The highest BCUT2D eigenvalue weighted by Gasteiger charge is 2.40. The van der Waals surface area contributed by atoms with E-state index in [0.717, 1.165) is 29.7 Å². The van der Waals surface area contributed by atoms with Crippen molar-refractivity contribution in [3.63, 3.8) is 0 Å². The Hall–Kier alpha value is -4.27. The zero-order valence-corrected chi connectivity index (χ0v) is 20.9. The molecule has 1 aromatic heterocycles. The third-order valence-corrected chi connectivity index (χ3v) is 7.17. The summed E-state index contributed by atoms with van der Waals surface area (Å²) >= 11 is 0. The van der Waals surface area contributed by atoms with Gasteiger partial charge in [0.25, 0.3) is 11.8 Å². The van der Waals surface area contributed by atoms with Gasteiger partial charge in [-0.15, -0.1) is 0 Å². The van der Waals surface area contributed by atoms with E-state index < -0.39 is 23.0 Å². The Bertz CT molecular complexity index is 1490. The van der Waals surface area contributed by atoms with E-state index in [4.69, 9.17) is 4.74 Å². The van der Waals surface area contributed by atoms with Crippen molar-refractivity contribution in [1.82, 2.24) is 14.8 Å². The lowest BCUT2D eigenvalue weighted by Crippen LogP contribution is -2.48. The number of nitrogens with one attached hydrogen (secondary N) is 1. The molecule has 1 N–H and O–H groups in total. The van der Waals surface area contributed by atoms with Gasteiger partial charge in [-0.05, 0) is 31.4 Å². The van der Waals surface area contributed by atoms with Crippen molar-refractivity contribution in [3.05, 3.63) is 111 Å². The summed E-state index contributed by atoms with van der Waals surface area (Å²) in [7, 11) is 0. The van der Waals surface area contributed by atoms with E-state index in [1.54, 1.807) is 9.47 Å². The molecule has 1 fully saturated rings. The summed E-state index contributed by atoms with van der Waals surface area (Å²) < 4.78 is 34.9. The Morgan fingerprint density at radius 2 is 1.92 bits per heavy atom. The first kappa shape index (κ1) is 25.4. The van der Waals surface area contributed by atoms with Crippen LogP contribution in [0.15, 0.2) is 71.7 Å². The van der Waals surface area contributed by atoms with Crippen LogP contribution in [0.1, 0.15) is 57.8 Å². The maximum Gasteiger partial charge on any atom is 0.274 e. The van der Waals surface area contributed by atoms with E-state index in [0.29, 0.717) is 13.0 Å². The molecule has 1 saturated heterocycles. The molecule has 0 aliphatic carbocycles. The number of hydrogen-bond acceptors (Lipinski definition) is 4. The average Bonchev–Trinajstić information content (AvgIpc) is 3.03. The highest BCUT2D eigenvalue weighted by atomic mass is 19.1. The summed E-state index contributed by atoms with van der Waals surface area (Å²) in [5.74, 6) is -2.86. The molecule has 9 heteroatoms. The highest BCUT2D eigenvalue weighted by Crippen LogP contribution is 2.37. The number of aromatic nitrogens is 1. The Kier molecular flexibility index (Phi) is 6.84. The lowest BCUT2D eigenvalue weighted by atomic mass is 10.0. The molecule has 2 atom stereocenters. The first-order valence-corrected chi connectivity index (χ1v) is 12.4. The summed E-state index contributed by atoms with van der Waals surface area (Å²) in [6, 6.07) is 11.8. The van der Waals surface area contributed by atoms with E-state index in [1.165, 1.54) is 12.3 Å². The number of halogens is 2. The van der Waals surface area contributed by atoms with Gasteiger partial charge in [-0.25, -0.2) is 8.78 Å². The van der Waals surface area contributed by atoms with Gasteiger partial charge in [0.05, 0.1) is 6.04 Å². The molecule has 3 aromatic rings. The normalized spacial score (nSPS) is 18.6. The number of fused-ring (bicyclic) bond motifs is 4. The van der Waals surface area contributed by atoms with Crippen LogP contribution in [0, 0.1) is 11.6 Å². The van der Waals surface area contributed by atoms with Gasteiger partial charge in [0.2, 0.25) is 5.43 Å². The van der Waals surface area contributed by atoms with Crippen LogP contribution in [0.25, 0.3) is 0 Å². The van der Waals surface area contributed by atoms with E-state index >= 15 is 0 Å². The fourth-order valence-electron chi connectivity index (χ4n) is 4.94. The maximum absolute atomic E-state index is 14.1. The third kappa shape index (κ3) is 4.71. The smallest absolute Gasteiger partial charge is 0.274 e. The van der Waals surface area contributed by atoms with Crippen LogP contribution in [-0.4, -0.2) is 33.9 Å². The fourth-order valence-corrected chi connectivity index (χ4v) is 4.94. The molecule has 2 aliphatic rings. The van der Waals surface area contributed by atoms with Crippen LogP contribution in [0.4, 0.5) is 8.78 Å². The standard InChI is InChI=1S/C29H27F2N3O4/c1-17-8-9-18(2)33-15-24(17)34-14-22(28(36)32-13-20-10-11-21(30)12-23(20)31)26(35)27(25(34)29(33)37)38-16-19-6-4-3-5-7-19/h3-7,10-12,14,18,24H,1,8-9,13,15-16H2,2H3,(H,32,36)/t18-,24+/m0/s1. The minimum absolute atomic E-state index is 0.0173. The zero-order valence-electron chi connectivity index (χ0n) is 20.9. The second-order valence-corrected chi connectivity index (χ2v) is 9.67. The molecule has 2 aromatic carbocycles. The maximum atomic E-state index is 14.1. The van der Waals surface area contributed by atoms with Crippen molar-refractivity contribution in [2.24, 2.45) is 0 Å². The summed E-state index contributed by atoms with van der Waals surface area (Å²) in [5.41, 5.74) is 0.825. The third-order valence-electron chi connectivity index (χ3n) is 7.17. The van der Waals surface area contributed by atoms with Crippen molar-refractivity contribution in [1.29, 1.82) is 0 Å². The van der Waals surface area contributed by atoms with Crippen LogP contribution in [0.2, 0.25) is 0 Å². The fraction of sp³-hybridized carbons (Fsp3) is 0.276. The van der Waals surface area contributed by atoms with Gasteiger partial charge in [0, 0.05) is 37.0 Å². The molecule has 2 amide bonds.